The van der Waals surface area contributed by atoms with Gasteiger partial charge in [-0.1, -0.05) is 53.7 Å². The monoisotopic (exact) mass is 486 g/mol. The lowest BCUT2D eigenvalue weighted by atomic mass is 10.1. The Morgan fingerprint density at radius 3 is 2.55 bits per heavy atom. The molecule has 0 aliphatic carbocycles. The van der Waals surface area contributed by atoms with Crippen molar-refractivity contribution in [3.8, 4) is 17.3 Å². The van der Waals surface area contributed by atoms with Crippen LogP contribution in [0.3, 0.4) is 0 Å². The molecule has 0 fully saturated rings. The number of benzene rings is 1. The first kappa shape index (κ1) is 21.5. The number of carbonyl (C=O) groups is 1. The molecule has 1 unspecified atom stereocenters. The zero-order valence-corrected chi connectivity index (χ0v) is 19.4. The van der Waals surface area contributed by atoms with Crippen molar-refractivity contribution in [1.82, 2.24) is 9.97 Å². The molecule has 1 N–H and O–H groups in total. The van der Waals surface area contributed by atoms with Gasteiger partial charge in [0.05, 0.1) is 16.5 Å². The predicted molar refractivity (Wildman–Crippen MR) is 122 cm³/mol. The zero-order valence-electron chi connectivity index (χ0n) is 16.1. The minimum atomic E-state index is -0.419. The SMILES string of the molecule is CC(Sc1nc(C(C)C)ccc1C#N)C(=O)Nc1nc(-c2ccc(Br)cc2)cs1. The van der Waals surface area contributed by atoms with E-state index in [1.54, 1.807) is 13.0 Å². The van der Waals surface area contributed by atoms with Crippen molar-refractivity contribution in [2.75, 3.05) is 5.32 Å². The van der Waals surface area contributed by atoms with E-state index in [1.807, 2.05) is 49.6 Å². The van der Waals surface area contributed by atoms with Crippen LogP contribution in [0.4, 0.5) is 5.13 Å². The molecule has 0 saturated heterocycles. The highest BCUT2D eigenvalue weighted by molar-refractivity contribution is 9.10. The molecule has 1 atom stereocenters. The molecule has 3 rings (SSSR count). The van der Waals surface area contributed by atoms with Crippen molar-refractivity contribution in [1.29, 1.82) is 5.26 Å². The summed E-state index contributed by atoms with van der Waals surface area (Å²) in [5, 5.41) is 14.8. The van der Waals surface area contributed by atoms with Crippen LogP contribution in [0.2, 0.25) is 0 Å². The Morgan fingerprint density at radius 2 is 1.90 bits per heavy atom. The fraction of sp³-hybridized carbons (Fsp3) is 0.238. The summed E-state index contributed by atoms with van der Waals surface area (Å²) in [6.07, 6.45) is 0. The van der Waals surface area contributed by atoms with E-state index in [1.165, 1.54) is 23.1 Å². The van der Waals surface area contributed by atoms with E-state index in [0.29, 0.717) is 15.7 Å². The van der Waals surface area contributed by atoms with Gasteiger partial charge in [0.15, 0.2) is 5.13 Å². The van der Waals surface area contributed by atoms with Crippen molar-refractivity contribution in [3.05, 3.63) is 57.5 Å². The molecule has 0 aliphatic heterocycles. The Hall–Kier alpha value is -2.21. The topological polar surface area (TPSA) is 78.7 Å². The average molecular weight is 487 g/mol. The molecule has 0 saturated carbocycles. The van der Waals surface area contributed by atoms with Gasteiger partial charge in [-0.2, -0.15) is 5.26 Å². The Bertz CT molecular complexity index is 1060. The van der Waals surface area contributed by atoms with Gasteiger partial charge in [0.25, 0.3) is 0 Å². The van der Waals surface area contributed by atoms with Crippen LogP contribution in [0.25, 0.3) is 11.3 Å². The van der Waals surface area contributed by atoms with Crippen LogP contribution in [-0.2, 0) is 4.79 Å². The summed E-state index contributed by atoms with van der Waals surface area (Å²) in [6, 6.07) is 13.6. The summed E-state index contributed by atoms with van der Waals surface area (Å²) in [6.45, 7) is 5.89. The van der Waals surface area contributed by atoms with E-state index in [2.05, 4.69) is 37.3 Å². The lowest BCUT2D eigenvalue weighted by Gasteiger charge is -2.13. The summed E-state index contributed by atoms with van der Waals surface area (Å²) >= 11 is 6.09. The number of hydrogen-bond acceptors (Lipinski definition) is 6. The maximum atomic E-state index is 12.6. The van der Waals surface area contributed by atoms with Gasteiger partial charge in [-0.05, 0) is 37.1 Å². The van der Waals surface area contributed by atoms with Gasteiger partial charge in [-0.25, -0.2) is 9.97 Å². The molecule has 0 spiro atoms. The summed E-state index contributed by atoms with van der Waals surface area (Å²) < 4.78 is 1.00. The number of nitriles is 1. The third kappa shape index (κ3) is 5.44. The molecule has 2 heterocycles. The van der Waals surface area contributed by atoms with E-state index in [0.717, 1.165) is 21.4 Å². The van der Waals surface area contributed by atoms with E-state index in [-0.39, 0.29) is 11.8 Å². The molecular formula is C21H19BrN4OS2. The van der Waals surface area contributed by atoms with E-state index in [9.17, 15) is 10.1 Å². The minimum Gasteiger partial charge on any atom is -0.301 e. The molecule has 8 heteroatoms. The molecule has 0 aliphatic rings. The Labute approximate surface area is 186 Å². The number of aromatic nitrogens is 2. The first-order chi connectivity index (χ1) is 13.9. The van der Waals surface area contributed by atoms with Crippen LogP contribution in [0.1, 0.15) is 37.9 Å². The smallest absolute Gasteiger partial charge is 0.239 e. The number of nitrogens with one attached hydrogen (secondary N) is 1. The highest BCUT2D eigenvalue weighted by Crippen LogP contribution is 2.29. The van der Waals surface area contributed by atoms with Crippen molar-refractivity contribution in [3.63, 3.8) is 0 Å². The minimum absolute atomic E-state index is 0.174. The summed E-state index contributed by atoms with van der Waals surface area (Å²) in [5.74, 6) is 0.0749. The highest BCUT2D eigenvalue weighted by atomic mass is 79.9. The summed E-state index contributed by atoms with van der Waals surface area (Å²) in [5.41, 5.74) is 3.18. The normalized spacial score (nSPS) is 11.9. The number of hydrogen-bond donors (Lipinski definition) is 1. The van der Waals surface area contributed by atoms with E-state index in [4.69, 9.17) is 0 Å². The van der Waals surface area contributed by atoms with Crippen LogP contribution < -0.4 is 5.32 Å². The second-order valence-corrected chi connectivity index (χ2v) is 9.75. The van der Waals surface area contributed by atoms with Crippen molar-refractivity contribution in [2.24, 2.45) is 0 Å². The Morgan fingerprint density at radius 1 is 1.17 bits per heavy atom. The zero-order chi connectivity index (χ0) is 21.0. The van der Waals surface area contributed by atoms with Crippen LogP contribution in [0.5, 0.6) is 0 Å². The standard InChI is InChI=1S/C21H19BrN4OS2/c1-12(2)17-9-6-15(10-23)20(24-17)29-13(3)19(27)26-21-25-18(11-28-21)14-4-7-16(22)8-5-14/h4-9,11-13H,1-3H3,(H,25,26,27). The average Bonchev–Trinajstić information content (AvgIpc) is 3.16. The fourth-order valence-corrected chi connectivity index (χ4v) is 4.35. The van der Waals surface area contributed by atoms with Gasteiger partial charge in [-0.15, -0.1) is 11.3 Å². The second kappa shape index (κ2) is 9.53. The molecule has 3 aromatic rings. The second-order valence-electron chi connectivity index (χ2n) is 6.65. The molecule has 1 aromatic carbocycles. The molecule has 148 valence electrons. The van der Waals surface area contributed by atoms with Gasteiger partial charge in [0.2, 0.25) is 5.91 Å². The lowest BCUT2D eigenvalue weighted by Crippen LogP contribution is -2.22. The molecule has 0 radical (unpaired) electrons. The maximum Gasteiger partial charge on any atom is 0.239 e. The highest BCUT2D eigenvalue weighted by Gasteiger charge is 2.19. The van der Waals surface area contributed by atoms with Crippen molar-refractivity contribution in [2.45, 2.75) is 37.0 Å². The fourth-order valence-electron chi connectivity index (χ4n) is 2.46. The van der Waals surface area contributed by atoms with Crippen LogP contribution in [0, 0.1) is 11.3 Å². The number of carbonyl (C=O) groups excluding carboxylic acids is 1. The van der Waals surface area contributed by atoms with E-state index < -0.39 is 5.25 Å². The molecule has 1 amide bonds. The first-order valence-corrected chi connectivity index (χ1v) is 11.5. The largest absolute Gasteiger partial charge is 0.301 e. The van der Waals surface area contributed by atoms with Gasteiger partial charge in [-0.3, -0.25) is 4.79 Å². The number of rotatable bonds is 6. The van der Waals surface area contributed by atoms with Crippen LogP contribution >= 0.6 is 39.0 Å². The maximum absolute atomic E-state index is 12.6. The molecular weight excluding hydrogens is 468 g/mol. The van der Waals surface area contributed by atoms with Gasteiger partial charge >= 0.3 is 0 Å². The number of anilines is 1. The number of nitrogens with zero attached hydrogens (tertiary/aromatic N) is 3. The third-order valence-electron chi connectivity index (χ3n) is 4.13. The van der Waals surface area contributed by atoms with Crippen molar-refractivity contribution >= 4 is 50.1 Å². The Balaban J connectivity index is 1.69. The first-order valence-electron chi connectivity index (χ1n) is 8.97. The molecule has 0 bridgehead atoms. The molecule has 5 nitrogen and oxygen atoms in total. The third-order valence-corrected chi connectivity index (χ3v) is 6.51. The Kier molecular flexibility index (Phi) is 7.06. The number of amides is 1. The summed E-state index contributed by atoms with van der Waals surface area (Å²) in [7, 11) is 0. The number of pyridine rings is 1. The quantitative estimate of drug-likeness (QED) is 0.426. The number of thioether (sulfide) groups is 1. The number of halogens is 1. The van der Waals surface area contributed by atoms with Crippen LogP contribution in [-0.4, -0.2) is 21.1 Å². The molecule has 29 heavy (non-hydrogen) atoms. The number of thiazole rings is 1. The predicted octanol–water partition coefficient (Wildman–Crippen LogP) is 6.08. The van der Waals surface area contributed by atoms with Gasteiger partial charge in [0, 0.05) is 21.1 Å². The van der Waals surface area contributed by atoms with E-state index >= 15 is 0 Å². The van der Waals surface area contributed by atoms with Crippen LogP contribution in [0.15, 0.2) is 51.3 Å². The van der Waals surface area contributed by atoms with Crippen molar-refractivity contribution < 1.29 is 4.79 Å². The molecule has 2 aromatic heterocycles. The summed E-state index contributed by atoms with van der Waals surface area (Å²) in [4.78, 5) is 21.7. The van der Waals surface area contributed by atoms with Gasteiger partial charge in [0.1, 0.15) is 11.1 Å². The lowest BCUT2D eigenvalue weighted by molar-refractivity contribution is -0.115. The van der Waals surface area contributed by atoms with Gasteiger partial charge < -0.3 is 5.32 Å².